The summed E-state index contributed by atoms with van der Waals surface area (Å²) in [4.78, 5) is 15.1. The Bertz CT molecular complexity index is 785. The maximum absolute atomic E-state index is 6.20. The predicted octanol–water partition coefficient (Wildman–Crippen LogP) is 1.35. The van der Waals surface area contributed by atoms with Crippen LogP contribution in [0, 0.1) is 0 Å². The number of halogens is 1. The van der Waals surface area contributed by atoms with Gasteiger partial charge in [0.2, 0.25) is 5.28 Å². The van der Waals surface area contributed by atoms with Crippen LogP contribution in [0.3, 0.4) is 0 Å². The van der Waals surface area contributed by atoms with Crippen LogP contribution in [-0.4, -0.2) is 79.6 Å². The van der Waals surface area contributed by atoms with Crippen LogP contribution in [0.15, 0.2) is 6.07 Å². The molecule has 0 saturated carbocycles. The van der Waals surface area contributed by atoms with Crippen molar-refractivity contribution in [1.29, 1.82) is 0 Å². The van der Waals surface area contributed by atoms with E-state index in [1.54, 1.807) is 11.3 Å². The Kier molecular flexibility index (Phi) is 4.72. The molecule has 140 valence electrons. The Balaban J connectivity index is 1.40. The zero-order chi connectivity index (χ0) is 17.5. The summed E-state index contributed by atoms with van der Waals surface area (Å²) in [5.41, 5.74) is 0.949. The van der Waals surface area contributed by atoms with E-state index >= 15 is 0 Å². The van der Waals surface area contributed by atoms with Crippen molar-refractivity contribution in [3.63, 3.8) is 0 Å². The smallest absolute Gasteiger partial charge is 0.224 e. The number of hydrogen-bond donors (Lipinski definition) is 1. The summed E-state index contributed by atoms with van der Waals surface area (Å²) >= 11 is 7.99. The standard InChI is InChI=1S/C17H22ClN5O2S/c18-17-20-14-5-13(8-22-6-11-9-25-10-12(7-22)19-11)26-15(14)16(21-17)23-1-3-24-4-2-23/h5,11-12,19H,1-4,6-10H2. The molecule has 0 radical (unpaired) electrons. The third-order valence-electron chi connectivity index (χ3n) is 5.13. The molecule has 0 spiro atoms. The summed E-state index contributed by atoms with van der Waals surface area (Å²) < 4.78 is 12.2. The monoisotopic (exact) mass is 395 g/mol. The normalized spacial score (nSPS) is 27.2. The molecule has 3 saturated heterocycles. The van der Waals surface area contributed by atoms with Crippen molar-refractivity contribution < 1.29 is 9.47 Å². The number of thiophene rings is 1. The van der Waals surface area contributed by atoms with Crippen LogP contribution in [-0.2, 0) is 16.0 Å². The molecule has 3 aliphatic heterocycles. The molecule has 0 aliphatic carbocycles. The molecule has 2 aromatic rings. The van der Waals surface area contributed by atoms with Gasteiger partial charge in [0.1, 0.15) is 0 Å². The van der Waals surface area contributed by atoms with Crippen molar-refractivity contribution in [3.8, 4) is 0 Å². The number of rotatable bonds is 3. The molecule has 0 aromatic carbocycles. The maximum Gasteiger partial charge on any atom is 0.224 e. The minimum Gasteiger partial charge on any atom is -0.378 e. The highest BCUT2D eigenvalue weighted by Gasteiger charge is 2.30. The van der Waals surface area contributed by atoms with E-state index in [2.05, 4.69) is 31.2 Å². The summed E-state index contributed by atoms with van der Waals surface area (Å²) in [6.45, 7) is 7.74. The molecule has 3 aliphatic rings. The van der Waals surface area contributed by atoms with E-state index in [0.717, 1.165) is 75.2 Å². The fourth-order valence-electron chi connectivity index (χ4n) is 4.04. The summed E-state index contributed by atoms with van der Waals surface area (Å²) in [6, 6.07) is 3.05. The van der Waals surface area contributed by atoms with E-state index in [1.807, 2.05) is 0 Å². The highest BCUT2D eigenvalue weighted by Crippen LogP contribution is 2.34. The highest BCUT2D eigenvalue weighted by molar-refractivity contribution is 7.19. The lowest BCUT2D eigenvalue weighted by atomic mass is 10.1. The number of aromatic nitrogens is 2. The molecule has 5 rings (SSSR count). The summed E-state index contributed by atoms with van der Waals surface area (Å²) in [5.74, 6) is 0.949. The number of ether oxygens (including phenoxy) is 2. The second kappa shape index (κ2) is 7.18. The van der Waals surface area contributed by atoms with Gasteiger partial charge < -0.3 is 19.7 Å². The van der Waals surface area contributed by atoms with Gasteiger partial charge in [0.15, 0.2) is 5.82 Å². The van der Waals surface area contributed by atoms with E-state index in [9.17, 15) is 0 Å². The third-order valence-corrected chi connectivity index (χ3v) is 6.41. The summed E-state index contributed by atoms with van der Waals surface area (Å²) in [5, 5.41) is 3.95. The first-order valence-corrected chi connectivity index (χ1v) is 10.3. The molecule has 2 bridgehead atoms. The molecular formula is C17H22ClN5O2S. The quantitative estimate of drug-likeness (QED) is 0.787. The van der Waals surface area contributed by atoms with Gasteiger partial charge in [-0.1, -0.05) is 0 Å². The van der Waals surface area contributed by atoms with Crippen LogP contribution in [0.2, 0.25) is 5.28 Å². The lowest BCUT2D eigenvalue weighted by Gasteiger charge is -2.42. The molecule has 3 fully saturated rings. The van der Waals surface area contributed by atoms with Crippen molar-refractivity contribution in [3.05, 3.63) is 16.2 Å². The van der Waals surface area contributed by atoms with Crippen LogP contribution in [0.4, 0.5) is 5.82 Å². The van der Waals surface area contributed by atoms with Gasteiger partial charge in [-0.25, -0.2) is 4.98 Å². The van der Waals surface area contributed by atoms with Crippen LogP contribution in [0.1, 0.15) is 4.88 Å². The van der Waals surface area contributed by atoms with E-state index in [-0.39, 0.29) is 0 Å². The first-order chi connectivity index (χ1) is 12.7. The number of anilines is 1. The molecular weight excluding hydrogens is 374 g/mol. The Hall–Kier alpha value is -1.03. The van der Waals surface area contributed by atoms with Crippen LogP contribution in [0.5, 0.6) is 0 Å². The zero-order valence-corrected chi connectivity index (χ0v) is 16.1. The Morgan fingerprint density at radius 3 is 2.69 bits per heavy atom. The average Bonchev–Trinajstić information content (AvgIpc) is 3.03. The van der Waals surface area contributed by atoms with Gasteiger partial charge in [-0.05, 0) is 17.7 Å². The highest BCUT2D eigenvalue weighted by atomic mass is 35.5. The Morgan fingerprint density at radius 2 is 1.92 bits per heavy atom. The fourth-order valence-corrected chi connectivity index (χ4v) is 5.37. The Labute approximate surface area is 161 Å². The molecule has 2 atom stereocenters. The fraction of sp³-hybridized carbons (Fsp3) is 0.647. The lowest BCUT2D eigenvalue weighted by molar-refractivity contribution is -0.00844. The SMILES string of the molecule is Clc1nc(N2CCOCC2)c2sc(CN3CC4COCC(C3)N4)cc2n1. The van der Waals surface area contributed by atoms with Gasteiger partial charge in [-0.3, -0.25) is 4.90 Å². The largest absolute Gasteiger partial charge is 0.378 e. The Morgan fingerprint density at radius 1 is 1.15 bits per heavy atom. The van der Waals surface area contributed by atoms with Crippen molar-refractivity contribution in [2.24, 2.45) is 0 Å². The number of nitrogens with one attached hydrogen (secondary N) is 1. The van der Waals surface area contributed by atoms with E-state index in [4.69, 9.17) is 21.1 Å². The van der Waals surface area contributed by atoms with Crippen molar-refractivity contribution in [2.45, 2.75) is 18.6 Å². The van der Waals surface area contributed by atoms with Gasteiger partial charge in [-0.15, -0.1) is 11.3 Å². The zero-order valence-electron chi connectivity index (χ0n) is 14.5. The summed E-state index contributed by atoms with van der Waals surface area (Å²) in [7, 11) is 0. The van der Waals surface area contributed by atoms with Crippen molar-refractivity contribution in [2.75, 3.05) is 57.5 Å². The maximum atomic E-state index is 6.20. The van der Waals surface area contributed by atoms with E-state index < -0.39 is 0 Å². The second-order valence-corrected chi connectivity index (χ2v) is 8.61. The molecule has 2 aromatic heterocycles. The molecule has 7 nitrogen and oxygen atoms in total. The topological polar surface area (TPSA) is 62.8 Å². The minimum atomic E-state index is 0.317. The first-order valence-electron chi connectivity index (χ1n) is 9.09. The van der Waals surface area contributed by atoms with E-state index in [0.29, 0.717) is 17.4 Å². The average molecular weight is 396 g/mol. The van der Waals surface area contributed by atoms with Gasteiger partial charge in [0, 0.05) is 49.7 Å². The minimum absolute atomic E-state index is 0.317. The van der Waals surface area contributed by atoms with Crippen molar-refractivity contribution >= 4 is 39.0 Å². The molecule has 0 amide bonds. The number of fused-ring (bicyclic) bond motifs is 3. The molecule has 5 heterocycles. The first kappa shape index (κ1) is 17.1. The predicted molar refractivity (Wildman–Crippen MR) is 102 cm³/mol. The van der Waals surface area contributed by atoms with Gasteiger partial charge in [0.25, 0.3) is 0 Å². The molecule has 26 heavy (non-hydrogen) atoms. The molecule has 2 unspecified atom stereocenters. The number of nitrogens with zero attached hydrogens (tertiary/aromatic N) is 4. The second-order valence-electron chi connectivity index (χ2n) is 7.13. The number of piperazine rings is 1. The van der Waals surface area contributed by atoms with Crippen molar-refractivity contribution in [1.82, 2.24) is 20.2 Å². The van der Waals surface area contributed by atoms with Gasteiger partial charge in [-0.2, -0.15) is 4.98 Å². The van der Waals surface area contributed by atoms with E-state index in [1.165, 1.54) is 4.88 Å². The summed E-state index contributed by atoms with van der Waals surface area (Å²) in [6.07, 6.45) is 0. The van der Waals surface area contributed by atoms with Gasteiger partial charge >= 0.3 is 0 Å². The molecule has 1 N–H and O–H groups in total. The van der Waals surface area contributed by atoms with Gasteiger partial charge in [0.05, 0.1) is 36.6 Å². The lowest BCUT2D eigenvalue weighted by Crippen LogP contribution is -2.62. The van der Waals surface area contributed by atoms with Crippen LogP contribution >= 0.6 is 22.9 Å². The number of morpholine rings is 2. The van der Waals surface area contributed by atoms with Crippen LogP contribution in [0.25, 0.3) is 10.2 Å². The number of hydrogen-bond acceptors (Lipinski definition) is 8. The van der Waals surface area contributed by atoms with Crippen LogP contribution < -0.4 is 10.2 Å². The molecule has 9 heteroatoms. The third kappa shape index (κ3) is 3.42.